The number of hydrogen-bond donors (Lipinski definition) is 0. The van der Waals surface area contributed by atoms with Gasteiger partial charge < -0.3 is 4.90 Å². The average Bonchev–Trinajstić information content (AvgIpc) is 3.27. The molecule has 0 fully saturated rings. The summed E-state index contributed by atoms with van der Waals surface area (Å²) in [7, 11) is 1.65. The van der Waals surface area contributed by atoms with E-state index >= 15 is 0 Å². The molecule has 0 N–H and O–H groups in total. The molecule has 7 nitrogen and oxygen atoms in total. The van der Waals surface area contributed by atoms with Crippen LogP contribution in [0.15, 0.2) is 30.6 Å². The molecule has 0 aliphatic carbocycles. The number of benzene rings is 1. The van der Waals surface area contributed by atoms with E-state index in [-0.39, 0.29) is 23.7 Å². The molecule has 0 bridgehead atoms. The van der Waals surface area contributed by atoms with Gasteiger partial charge in [0.15, 0.2) is 28.8 Å². The van der Waals surface area contributed by atoms with Crippen molar-refractivity contribution in [1.29, 1.82) is 0 Å². The van der Waals surface area contributed by atoms with Crippen LogP contribution in [0, 0.1) is 24.4 Å². The Bertz CT molecular complexity index is 1340. The van der Waals surface area contributed by atoms with Gasteiger partial charge >= 0.3 is 0 Å². The second-order valence-electron chi connectivity index (χ2n) is 7.45. The lowest BCUT2D eigenvalue weighted by Gasteiger charge is -2.26. The number of halogens is 3. The molecule has 0 spiro atoms. The van der Waals surface area contributed by atoms with Crippen LogP contribution < -0.4 is 0 Å². The summed E-state index contributed by atoms with van der Waals surface area (Å²) in [4.78, 5) is 23.4. The van der Waals surface area contributed by atoms with Gasteiger partial charge in [0.2, 0.25) is 0 Å². The Morgan fingerprint density at radius 3 is 2.65 bits per heavy atom. The summed E-state index contributed by atoms with van der Waals surface area (Å²) in [6.07, 6.45) is 3.83. The van der Waals surface area contributed by atoms with Crippen molar-refractivity contribution < 1.29 is 18.0 Å². The molecule has 1 aliphatic rings. The van der Waals surface area contributed by atoms with Crippen LogP contribution in [0.25, 0.3) is 16.9 Å². The maximum absolute atomic E-state index is 13.8. The molecule has 10 heteroatoms. The van der Waals surface area contributed by atoms with Crippen LogP contribution in [0.4, 0.5) is 13.2 Å². The Hall–Kier alpha value is -3.69. The maximum Gasteiger partial charge on any atom is 0.276 e. The first kappa shape index (κ1) is 19.3. The first-order valence-electron chi connectivity index (χ1n) is 9.63. The molecular weight excluding hydrogens is 409 g/mol. The highest BCUT2D eigenvalue weighted by Crippen LogP contribution is 2.32. The number of aryl methyl sites for hydroxylation is 2. The SMILES string of the molecule is Cc1nc(C(=O)N2CCc3c(nn(C)c3-c3cc(F)c(F)c(F)c3)C2)c2ncccn12. The number of amides is 1. The van der Waals surface area contributed by atoms with Crippen molar-refractivity contribution in [2.75, 3.05) is 6.54 Å². The lowest BCUT2D eigenvalue weighted by atomic mass is 9.99. The van der Waals surface area contributed by atoms with Crippen LogP contribution in [0.5, 0.6) is 0 Å². The van der Waals surface area contributed by atoms with Crippen molar-refractivity contribution in [2.45, 2.75) is 19.9 Å². The summed E-state index contributed by atoms with van der Waals surface area (Å²) in [6.45, 7) is 2.40. The molecule has 1 amide bonds. The number of carbonyl (C=O) groups is 1. The van der Waals surface area contributed by atoms with Gasteiger partial charge in [0, 0.05) is 37.1 Å². The maximum atomic E-state index is 13.8. The smallest absolute Gasteiger partial charge is 0.276 e. The molecular formula is C21H17F3N6O. The Morgan fingerprint density at radius 1 is 1.16 bits per heavy atom. The molecule has 1 aromatic carbocycles. The quantitative estimate of drug-likeness (QED) is 0.462. The van der Waals surface area contributed by atoms with Crippen molar-refractivity contribution in [1.82, 2.24) is 29.0 Å². The van der Waals surface area contributed by atoms with Crippen LogP contribution in [0.3, 0.4) is 0 Å². The Morgan fingerprint density at radius 2 is 1.90 bits per heavy atom. The van der Waals surface area contributed by atoms with E-state index in [0.717, 1.165) is 17.7 Å². The van der Waals surface area contributed by atoms with Crippen molar-refractivity contribution in [3.05, 3.63) is 70.8 Å². The van der Waals surface area contributed by atoms with E-state index in [9.17, 15) is 18.0 Å². The normalized spacial score (nSPS) is 13.6. The zero-order chi connectivity index (χ0) is 21.9. The van der Waals surface area contributed by atoms with Gasteiger partial charge in [0.25, 0.3) is 5.91 Å². The fraction of sp³-hybridized carbons (Fsp3) is 0.238. The van der Waals surface area contributed by atoms with E-state index in [1.165, 1.54) is 4.68 Å². The van der Waals surface area contributed by atoms with Crippen molar-refractivity contribution >= 4 is 11.6 Å². The Balaban J connectivity index is 1.49. The zero-order valence-electron chi connectivity index (χ0n) is 16.7. The molecule has 4 heterocycles. The molecule has 0 radical (unpaired) electrons. The van der Waals surface area contributed by atoms with E-state index in [0.29, 0.717) is 35.8 Å². The molecule has 0 unspecified atom stereocenters. The van der Waals surface area contributed by atoms with Gasteiger partial charge in [-0.1, -0.05) is 0 Å². The van der Waals surface area contributed by atoms with Gasteiger partial charge in [-0.3, -0.25) is 13.9 Å². The predicted molar refractivity (Wildman–Crippen MR) is 105 cm³/mol. The molecule has 158 valence electrons. The monoisotopic (exact) mass is 426 g/mol. The van der Waals surface area contributed by atoms with Gasteiger partial charge in [-0.05, 0) is 31.5 Å². The molecule has 31 heavy (non-hydrogen) atoms. The first-order valence-corrected chi connectivity index (χ1v) is 9.63. The first-order chi connectivity index (χ1) is 14.8. The minimum absolute atomic E-state index is 0.201. The van der Waals surface area contributed by atoms with Crippen molar-refractivity contribution in [2.24, 2.45) is 7.05 Å². The third kappa shape index (κ3) is 2.97. The third-order valence-corrected chi connectivity index (χ3v) is 5.53. The zero-order valence-corrected chi connectivity index (χ0v) is 16.7. The molecule has 5 rings (SSSR count). The van der Waals surface area contributed by atoms with Crippen LogP contribution >= 0.6 is 0 Å². The Labute approximate surface area is 174 Å². The van der Waals surface area contributed by atoms with Gasteiger partial charge in [-0.15, -0.1) is 0 Å². The van der Waals surface area contributed by atoms with Gasteiger partial charge in [-0.25, -0.2) is 23.1 Å². The van der Waals surface area contributed by atoms with Crippen LogP contribution in [-0.2, 0) is 20.0 Å². The lowest BCUT2D eigenvalue weighted by Crippen LogP contribution is -2.36. The third-order valence-electron chi connectivity index (χ3n) is 5.53. The number of imidazole rings is 1. The number of carbonyl (C=O) groups excluding carboxylic acids is 1. The fourth-order valence-corrected chi connectivity index (χ4v) is 4.11. The van der Waals surface area contributed by atoms with Crippen molar-refractivity contribution in [3.8, 4) is 11.3 Å². The molecule has 0 saturated carbocycles. The highest BCUT2D eigenvalue weighted by Gasteiger charge is 2.30. The van der Waals surface area contributed by atoms with Gasteiger partial charge in [0.05, 0.1) is 17.9 Å². The highest BCUT2D eigenvalue weighted by atomic mass is 19.2. The minimum atomic E-state index is -1.51. The summed E-state index contributed by atoms with van der Waals surface area (Å²) in [5.74, 6) is -3.63. The molecule has 0 atom stereocenters. The van der Waals surface area contributed by atoms with Crippen LogP contribution in [0.1, 0.15) is 27.6 Å². The molecule has 4 aromatic rings. The Kier molecular flexibility index (Phi) is 4.31. The predicted octanol–water partition coefficient (Wildman–Crippen LogP) is 3.05. The summed E-state index contributed by atoms with van der Waals surface area (Å²) in [6, 6.07) is 3.68. The van der Waals surface area contributed by atoms with E-state index in [1.54, 1.807) is 41.7 Å². The number of rotatable bonds is 2. The van der Waals surface area contributed by atoms with Gasteiger partial charge in [-0.2, -0.15) is 5.10 Å². The molecule has 1 aliphatic heterocycles. The largest absolute Gasteiger partial charge is 0.331 e. The average molecular weight is 426 g/mol. The summed E-state index contributed by atoms with van der Waals surface area (Å²) in [5, 5.41) is 4.45. The van der Waals surface area contributed by atoms with E-state index in [1.807, 2.05) is 0 Å². The second-order valence-corrected chi connectivity index (χ2v) is 7.45. The van der Waals surface area contributed by atoms with Crippen molar-refractivity contribution in [3.63, 3.8) is 0 Å². The van der Waals surface area contributed by atoms with Crippen LogP contribution in [-0.4, -0.2) is 41.5 Å². The summed E-state index contributed by atoms with van der Waals surface area (Å²) in [5.41, 5.74) is 2.85. The second kappa shape index (κ2) is 6.93. The van der Waals surface area contributed by atoms with Crippen LogP contribution in [0.2, 0.25) is 0 Å². The fourth-order valence-electron chi connectivity index (χ4n) is 4.11. The number of fused-ring (bicyclic) bond motifs is 2. The molecule has 3 aromatic heterocycles. The number of nitrogens with zero attached hydrogens (tertiary/aromatic N) is 6. The lowest BCUT2D eigenvalue weighted by molar-refractivity contribution is 0.0728. The number of aromatic nitrogens is 5. The minimum Gasteiger partial charge on any atom is -0.331 e. The van der Waals surface area contributed by atoms with E-state index < -0.39 is 17.5 Å². The topological polar surface area (TPSA) is 68.3 Å². The summed E-state index contributed by atoms with van der Waals surface area (Å²) < 4.78 is 44.2. The van der Waals surface area contributed by atoms with E-state index in [4.69, 9.17) is 0 Å². The number of hydrogen-bond acceptors (Lipinski definition) is 4. The van der Waals surface area contributed by atoms with E-state index in [2.05, 4.69) is 15.1 Å². The highest BCUT2D eigenvalue weighted by molar-refractivity contribution is 5.98. The van der Waals surface area contributed by atoms with Gasteiger partial charge in [0.1, 0.15) is 5.82 Å². The molecule has 0 saturated heterocycles. The standard InChI is InChI=1S/C21H17F3N6O/c1-11-26-18(20-25-5-3-6-30(11)20)21(31)29-7-4-13-16(10-29)27-28(2)19(13)12-8-14(22)17(24)15(23)9-12/h3,5-6,8-9H,4,7,10H2,1-2H3. The summed E-state index contributed by atoms with van der Waals surface area (Å²) >= 11 is 0.